The quantitative estimate of drug-likeness (QED) is 0.696. The molecule has 3 aromatic rings. The van der Waals surface area contributed by atoms with Crippen LogP contribution in [0.1, 0.15) is 22.0 Å². The standard InChI is InChI=1S/C21H22N2OS/c1-23(15-17-9-4-2-5-10-17)16-20(24)22-21(19-13-8-14-25-19)18-11-6-3-7-12-18/h2-14,21H,15-16H2,1H3,(H,22,24)/t21-/m0/s1. The van der Waals surface area contributed by atoms with Gasteiger partial charge in [0.15, 0.2) is 0 Å². The number of likely N-dealkylation sites (N-methyl/N-ethyl adjacent to an activating group) is 1. The first-order valence-corrected chi connectivity index (χ1v) is 9.20. The summed E-state index contributed by atoms with van der Waals surface area (Å²) in [7, 11) is 1.97. The van der Waals surface area contributed by atoms with E-state index in [4.69, 9.17) is 0 Å². The summed E-state index contributed by atoms with van der Waals surface area (Å²) in [4.78, 5) is 15.7. The van der Waals surface area contributed by atoms with Gasteiger partial charge in [-0.1, -0.05) is 66.7 Å². The third-order valence-corrected chi connectivity index (χ3v) is 4.91. The Labute approximate surface area is 152 Å². The minimum atomic E-state index is -0.0983. The van der Waals surface area contributed by atoms with Gasteiger partial charge in [-0.25, -0.2) is 0 Å². The molecule has 0 aliphatic rings. The van der Waals surface area contributed by atoms with Crippen molar-refractivity contribution in [2.24, 2.45) is 0 Å². The highest BCUT2D eigenvalue weighted by Gasteiger charge is 2.18. The molecule has 0 aliphatic carbocycles. The molecule has 2 aromatic carbocycles. The van der Waals surface area contributed by atoms with Crippen LogP contribution in [-0.4, -0.2) is 24.4 Å². The van der Waals surface area contributed by atoms with Gasteiger partial charge in [-0.15, -0.1) is 11.3 Å². The van der Waals surface area contributed by atoms with E-state index in [-0.39, 0.29) is 11.9 Å². The zero-order valence-electron chi connectivity index (χ0n) is 14.3. The molecule has 0 spiro atoms. The Bertz CT molecular complexity index is 772. The fourth-order valence-electron chi connectivity index (χ4n) is 2.82. The van der Waals surface area contributed by atoms with E-state index in [0.717, 1.165) is 17.0 Å². The predicted molar refractivity (Wildman–Crippen MR) is 104 cm³/mol. The van der Waals surface area contributed by atoms with E-state index >= 15 is 0 Å². The Balaban J connectivity index is 1.64. The molecule has 0 radical (unpaired) electrons. The van der Waals surface area contributed by atoms with Crippen molar-refractivity contribution in [2.75, 3.05) is 13.6 Å². The van der Waals surface area contributed by atoms with Crippen molar-refractivity contribution in [3.8, 4) is 0 Å². The first kappa shape index (κ1) is 17.4. The molecule has 0 aliphatic heterocycles. The molecular weight excluding hydrogens is 328 g/mol. The molecule has 0 fully saturated rings. The van der Waals surface area contributed by atoms with Gasteiger partial charge < -0.3 is 5.32 Å². The molecule has 3 nitrogen and oxygen atoms in total. The number of benzene rings is 2. The van der Waals surface area contributed by atoms with Crippen LogP contribution in [0.2, 0.25) is 0 Å². The molecule has 1 amide bonds. The fraction of sp³-hybridized carbons (Fsp3) is 0.190. The number of carbonyl (C=O) groups is 1. The van der Waals surface area contributed by atoms with E-state index in [1.165, 1.54) is 5.56 Å². The van der Waals surface area contributed by atoms with Crippen LogP contribution in [0.4, 0.5) is 0 Å². The number of rotatable bonds is 7. The number of nitrogens with zero attached hydrogens (tertiary/aromatic N) is 1. The Hall–Kier alpha value is -2.43. The normalized spacial score (nSPS) is 12.1. The third kappa shape index (κ3) is 5.02. The number of hydrogen-bond donors (Lipinski definition) is 1. The summed E-state index contributed by atoms with van der Waals surface area (Å²) >= 11 is 1.66. The second kappa shape index (κ2) is 8.60. The van der Waals surface area contributed by atoms with Crippen molar-refractivity contribution in [2.45, 2.75) is 12.6 Å². The van der Waals surface area contributed by atoms with Crippen molar-refractivity contribution in [1.82, 2.24) is 10.2 Å². The number of amides is 1. The molecule has 1 atom stereocenters. The molecule has 25 heavy (non-hydrogen) atoms. The Morgan fingerprint density at radius 3 is 2.32 bits per heavy atom. The van der Waals surface area contributed by atoms with Gasteiger partial charge in [0.2, 0.25) is 5.91 Å². The lowest BCUT2D eigenvalue weighted by Crippen LogP contribution is -2.37. The van der Waals surface area contributed by atoms with Crippen molar-refractivity contribution >= 4 is 17.2 Å². The lowest BCUT2D eigenvalue weighted by molar-refractivity contribution is -0.122. The zero-order valence-corrected chi connectivity index (χ0v) is 15.1. The van der Waals surface area contributed by atoms with Gasteiger partial charge in [0.1, 0.15) is 0 Å². The van der Waals surface area contributed by atoms with Crippen molar-refractivity contribution in [3.05, 3.63) is 94.2 Å². The topological polar surface area (TPSA) is 32.3 Å². The molecular formula is C21H22N2OS. The molecule has 4 heteroatoms. The van der Waals surface area contributed by atoms with Gasteiger partial charge in [0.05, 0.1) is 12.6 Å². The van der Waals surface area contributed by atoms with Gasteiger partial charge >= 0.3 is 0 Å². The van der Waals surface area contributed by atoms with E-state index in [2.05, 4.69) is 35.6 Å². The Morgan fingerprint density at radius 2 is 1.68 bits per heavy atom. The van der Waals surface area contributed by atoms with Gasteiger partial charge in [0.25, 0.3) is 0 Å². The third-order valence-electron chi connectivity index (χ3n) is 3.97. The second-order valence-electron chi connectivity index (χ2n) is 6.08. The average molecular weight is 350 g/mol. The van der Waals surface area contributed by atoms with Gasteiger partial charge in [-0.05, 0) is 29.6 Å². The lowest BCUT2D eigenvalue weighted by atomic mass is 10.1. The minimum absolute atomic E-state index is 0.0284. The van der Waals surface area contributed by atoms with Gasteiger partial charge in [-0.3, -0.25) is 9.69 Å². The van der Waals surface area contributed by atoms with E-state index < -0.39 is 0 Å². The molecule has 128 valence electrons. The van der Waals surface area contributed by atoms with E-state index in [9.17, 15) is 4.79 Å². The molecule has 0 saturated heterocycles. The maximum absolute atomic E-state index is 12.6. The van der Waals surface area contributed by atoms with Crippen LogP contribution >= 0.6 is 11.3 Å². The summed E-state index contributed by atoms with van der Waals surface area (Å²) in [6.45, 7) is 1.12. The van der Waals surface area contributed by atoms with Crippen molar-refractivity contribution in [1.29, 1.82) is 0 Å². The zero-order chi connectivity index (χ0) is 17.5. The van der Waals surface area contributed by atoms with Crippen LogP contribution in [0.5, 0.6) is 0 Å². The summed E-state index contributed by atoms with van der Waals surface area (Å²) in [5.74, 6) is 0.0284. The number of hydrogen-bond acceptors (Lipinski definition) is 3. The lowest BCUT2D eigenvalue weighted by Gasteiger charge is -2.21. The molecule has 1 aromatic heterocycles. The first-order valence-electron chi connectivity index (χ1n) is 8.32. The maximum Gasteiger partial charge on any atom is 0.234 e. The number of nitrogens with one attached hydrogen (secondary N) is 1. The molecule has 1 heterocycles. The van der Waals surface area contributed by atoms with Crippen LogP contribution in [0.25, 0.3) is 0 Å². The summed E-state index contributed by atoms with van der Waals surface area (Å²) in [5, 5.41) is 5.22. The highest BCUT2D eigenvalue weighted by atomic mass is 32.1. The fourth-order valence-corrected chi connectivity index (χ4v) is 3.63. The molecule has 0 unspecified atom stereocenters. The second-order valence-corrected chi connectivity index (χ2v) is 7.06. The largest absolute Gasteiger partial charge is 0.343 e. The summed E-state index contributed by atoms with van der Waals surface area (Å²) < 4.78 is 0. The van der Waals surface area contributed by atoms with E-state index in [0.29, 0.717) is 6.54 Å². The average Bonchev–Trinajstić information content (AvgIpc) is 3.15. The van der Waals surface area contributed by atoms with Crippen LogP contribution in [0.3, 0.4) is 0 Å². The van der Waals surface area contributed by atoms with E-state index in [1.807, 2.05) is 59.8 Å². The Morgan fingerprint density at radius 1 is 1.00 bits per heavy atom. The van der Waals surface area contributed by atoms with Crippen LogP contribution in [-0.2, 0) is 11.3 Å². The van der Waals surface area contributed by atoms with Gasteiger partial charge in [0, 0.05) is 11.4 Å². The summed E-state index contributed by atoms with van der Waals surface area (Å²) in [6, 6.07) is 24.3. The molecule has 3 rings (SSSR count). The van der Waals surface area contributed by atoms with Crippen LogP contribution in [0, 0.1) is 0 Å². The van der Waals surface area contributed by atoms with Crippen LogP contribution < -0.4 is 5.32 Å². The smallest absolute Gasteiger partial charge is 0.234 e. The Kier molecular flexibility index (Phi) is 5.99. The highest BCUT2D eigenvalue weighted by Crippen LogP contribution is 2.25. The number of carbonyl (C=O) groups excluding carboxylic acids is 1. The monoisotopic (exact) mass is 350 g/mol. The minimum Gasteiger partial charge on any atom is -0.343 e. The van der Waals surface area contributed by atoms with Crippen molar-refractivity contribution < 1.29 is 4.79 Å². The first-order chi connectivity index (χ1) is 12.2. The van der Waals surface area contributed by atoms with Gasteiger partial charge in [-0.2, -0.15) is 0 Å². The highest BCUT2D eigenvalue weighted by molar-refractivity contribution is 7.10. The van der Waals surface area contributed by atoms with Crippen molar-refractivity contribution in [3.63, 3.8) is 0 Å². The maximum atomic E-state index is 12.6. The predicted octanol–water partition coefficient (Wildman–Crippen LogP) is 4.09. The molecule has 1 N–H and O–H groups in total. The van der Waals surface area contributed by atoms with E-state index in [1.54, 1.807) is 11.3 Å². The SMILES string of the molecule is CN(CC(=O)N[C@@H](c1ccccc1)c1cccs1)Cc1ccccc1. The molecule has 0 bridgehead atoms. The summed E-state index contributed by atoms with van der Waals surface area (Å²) in [6.07, 6.45) is 0. The number of thiophene rings is 1. The van der Waals surface area contributed by atoms with Crippen LogP contribution in [0.15, 0.2) is 78.2 Å². The summed E-state index contributed by atoms with van der Waals surface area (Å²) in [5.41, 5.74) is 2.31. The molecule has 0 saturated carbocycles.